The number of nitrogens with zero attached hydrogens (tertiary/aromatic N) is 1. The molecule has 1 unspecified atom stereocenters. The number of halogens is 3. The Balaban J connectivity index is 1.31. The fourth-order valence-corrected chi connectivity index (χ4v) is 5.52. The second-order valence-electron chi connectivity index (χ2n) is 10.2. The van der Waals surface area contributed by atoms with Crippen molar-refractivity contribution in [3.8, 4) is 11.1 Å². The van der Waals surface area contributed by atoms with Gasteiger partial charge in [-0.2, -0.15) is 0 Å². The summed E-state index contributed by atoms with van der Waals surface area (Å²) in [6.45, 7) is 3.00. The highest BCUT2D eigenvalue weighted by Crippen LogP contribution is 2.35. The van der Waals surface area contributed by atoms with E-state index < -0.39 is 9.76 Å². The largest absolute Gasteiger partial charge is 0.461 e. The summed E-state index contributed by atoms with van der Waals surface area (Å²) in [5, 5.41) is 0. The van der Waals surface area contributed by atoms with Crippen molar-refractivity contribution in [3.63, 3.8) is 0 Å². The van der Waals surface area contributed by atoms with Crippen LogP contribution in [-0.4, -0.2) is 65.5 Å². The lowest BCUT2D eigenvalue weighted by atomic mass is 9.93. The summed E-state index contributed by atoms with van der Waals surface area (Å²) in [5.74, 6) is -0.0693. The van der Waals surface area contributed by atoms with Gasteiger partial charge in [-0.25, -0.2) is 0 Å². The minimum absolute atomic E-state index is 0.0908. The average molecular weight is 609 g/mol. The number of alkyl halides is 3. The van der Waals surface area contributed by atoms with Crippen molar-refractivity contribution in [1.29, 1.82) is 0 Å². The van der Waals surface area contributed by atoms with Gasteiger partial charge in [-0.05, 0) is 36.0 Å². The molecule has 0 bridgehead atoms. The van der Waals surface area contributed by atoms with Crippen molar-refractivity contribution in [2.75, 3.05) is 32.9 Å². The maximum absolute atomic E-state index is 13.2. The van der Waals surface area contributed by atoms with E-state index in [1.165, 1.54) is 5.56 Å². The molecule has 1 heterocycles. The van der Waals surface area contributed by atoms with Gasteiger partial charge in [0.1, 0.15) is 6.61 Å². The SMILES string of the molecule is O=C(CC/C=C\CCC1[C@@H](OCc2ccc(-c3ccccc3)cc2)CC(=O)[C@@H]1N1CCOCC1)OCC(Cl)(Cl)Cl. The molecule has 1 saturated carbocycles. The van der Waals surface area contributed by atoms with Crippen molar-refractivity contribution in [3.05, 3.63) is 72.3 Å². The molecular weight excluding hydrogens is 573 g/mol. The van der Waals surface area contributed by atoms with Gasteiger partial charge in [0.05, 0.1) is 32.0 Å². The van der Waals surface area contributed by atoms with Gasteiger partial charge < -0.3 is 14.2 Å². The Kier molecular flexibility index (Phi) is 11.9. The fraction of sp³-hybridized carbons (Fsp3) is 0.484. The minimum atomic E-state index is -1.61. The van der Waals surface area contributed by atoms with Crippen LogP contribution in [0.1, 0.15) is 37.7 Å². The molecule has 0 spiro atoms. The Morgan fingerprint density at radius 2 is 1.65 bits per heavy atom. The van der Waals surface area contributed by atoms with Gasteiger partial charge in [0.2, 0.25) is 3.79 Å². The van der Waals surface area contributed by atoms with Gasteiger partial charge in [-0.1, -0.05) is 102 Å². The monoisotopic (exact) mass is 607 g/mol. The van der Waals surface area contributed by atoms with Crippen LogP contribution in [0.4, 0.5) is 0 Å². The van der Waals surface area contributed by atoms with Crippen molar-refractivity contribution >= 4 is 46.6 Å². The Morgan fingerprint density at radius 1 is 0.975 bits per heavy atom. The predicted octanol–water partition coefficient (Wildman–Crippen LogP) is 6.56. The first-order chi connectivity index (χ1) is 19.3. The summed E-state index contributed by atoms with van der Waals surface area (Å²) in [5.41, 5.74) is 3.43. The second kappa shape index (κ2) is 15.3. The van der Waals surface area contributed by atoms with E-state index in [0.717, 1.165) is 37.1 Å². The first kappa shape index (κ1) is 31.0. The number of hydrogen-bond acceptors (Lipinski definition) is 6. The molecule has 6 nitrogen and oxygen atoms in total. The summed E-state index contributed by atoms with van der Waals surface area (Å²) in [6.07, 6.45) is 6.65. The number of benzene rings is 2. The third-order valence-corrected chi connectivity index (χ3v) is 7.65. The van der Waals surface area contributed by atoms with E-state index in [1.807, 2.05) is 24.3 Å². The Labute approximate surface area is 251 Å². The van der Waals surface area contributed by atoms with Crippen LogP contribution < -0.4 is 0 Å². The molecule has 1 aliphatic heterocycles. The standard InChI is InChI=1S/C31H36Cl3NO5/c32-31(33,34)22-40-29(37)11-7-2-1-6-10-26-28(20-27(36)30(26)35-16-18-38-19-17-35)39-21-23-12-14-25(15-13-23)24-8-4-3-5-9-24/h1-5,8-9,12-15,26,28,30H,6-7,10-11,16-22H2/b2-1-/t26?,28-,30+/m0/s1. The van der Waals surface area contributed by atoms with E-state index in [0.29, 0.717) is 32.7 Å². The summed E-state index contributed by atoms with van der Waals surface area (Å²) >= 11 is 16.8. The van der Waals surface area contributed by atoms with E-state index in [9.17, 15) is 9.59 Å². The topological polar surface area (TPSA) is 65.1 Å². The van der Waals surface area contributed by atoms with Gasteiger partial charge in [0.15, 0.2) is 5.78 Å². The molecule has 0 amide bonds. The molecule has 1 saturated heterocycles. The van der Waals surface area contributed by atoms with Gasteiger partial charge in [-0.15, -0.1) is 0 Å². The molecule has 1 aliphatic carbocycles. The maximum atomic E-state index is 13.2. The molecule has 40 heavy (non-hydrogen) atoms. The van der Waals surface area contributed by atoms with Gasteiger partial charge in [0, 0.05) is 31.8 Å². The molecule has 0 aromatic heterocycles. The van der Waals surface area contributed by atoms with Gasteiger partial charge in [-0.3, -0.25) is 14.5 Å². The van der Waals surface area contributed by atoms with Crippen LogP contribution in [0.5, 0.6) is 0 Å². The minimum Gasteiger partial charge on any atom is -0.461 e. The highest BCUT2D eigenvalue weighted by atomic mass is 35.6. The van der Waals surface area contributed by atoms with Crippen LogP contribution in [0.2, 0.25) is 0 Å². The third-order valence-electron chi connectivity index (χ3n) is 7.32. The number of ether oxygens (including phenoxy) is 3. The number of esters is 1. The average Bonchev–Trinajstić information content (AvgIpc) is 3.28. The molecule has 0 radical (unpaired) electrons. The molecule has 4 rings (SSSR count). The van der Waals surface area contributed by atoms with E-state index >= 15 is 0 Å². The summed E-state index contributed by atoms with van der Waals surface area (Å²) in [4.78, 5) is 27.3. The van der Waals surface area contributed by atoms with Gasteiger partial charge >= 0.3 is 5.97 Å². The highest BCUT2D eigenvalue weighted by Gasteiger charge is 2.45. The van der Waals surface area contributed by atoms with Crippen LogP contribution in [0.15, 0.2) is 66.7 Å². The molecule has 2 fully saturated rings. The zero-order chi connectivity index (χ0) is 28.4. The normalized spacial score (nSPS) is 22.2. The number of morpholine rings is 1. The second-order valence-corrected chi connectivity index (χ2v) is 12.7. The van der Waals surface area contributed by atoms with Crippen LogP contribution >= 0.6 is 34.8 Å². The zero-order valence-corrected chi connectivity index (χ0v) is 24.8. The van der Waals surface area contributed by atoms with E-state index in [2.05, 4.69) is 47.4 Å². The number of hydrogen-bond donors (Lipinski definition) is 0. The number of carbonyl (C=O) groups is 2. The van der Waals surface area contributed by atoms with Crippen molar-refractivity contribution in [2.45, 2.75) is 54.6 Å². The fourth-order valence-electron chi connectivity index (χ4n) is 5.36. The Morgan fingerprint density at radius 3 is 2.35 bits per heavy atom. The lowest BCUT2D eigenvalue weighted by Gasteiger charge is -2.35. The molecular formula is C31H36Cl3NO5. The summed E-state index contributed by atoms with van der Waals surface area (Å²) in [6, 6.07) is 18.5. The summed E-state index contributed by atoms with van der Waals surface area (Å²) < 4.78 is 15.3. The number of carbonyl (C=O) groups excluding carboxylic acids is 2. The smallest absolute Gasteiger partial charge is 0.306 e. The highest BCUT2D eigenvalue weighted by molar-refractivity contribution is 6.67. The van der Waals surface area contributed by atoms with Crippen molar-refractivity contribution < 1.29 is 23.8 Å². The maximum Gasteiger partial charge on any atom is 0.306 e. The van der Waals surface area contributed by atoms with Crippen LogP contribution in [-0.2, 0) is 30.4 Å². The number of allylic oxidation sites excluding steroid dienone is 2. The Hall–Kier alpha value is -1.93. The lowest BCUT2D eigenvalue weighted by molar-refractivity contribution is -0.143. The van der Waals surface area contributed by atoms with E-state index in [-0.39, 0.29) is 36.9 Å². The van der Waals surface area contributed by atoms with Crippen LogP contribution in [0.3, 0.4) is 0 Å². The predicted molar refractivity (Wildman–Crippen MR) is 159 cm³/mol. The van der Waals surface area contributed by atoms with E-state index in [4.69, 9.17) is 49.0 Å². The first-order valence-corrected chi connectivity index (χ1v) is 14.9. The number of Topliss-reactive ketones (excluding diaryl/α,β-unsaturated/α-hetero) is 1. The van der Waals surface area contributed by atoms with Crippen LogP contribution in [0.25, 0.3) is 11.1 Å². The van der Waals surface area contributed by atoms with Crippen LogP contribution in [0, 0.1) is 5.92 Å². The number of rotatable bonds is 12. The zero-order valence-electron chi connectivity index (χ0n) is 22.5. The molecule has 0 N–H and O–H groups in total. The van der Waals surface area contributed by atoms with Crippen molar-refractivity contribution in [2.24, 2.45) is 5.92 Å². The molecule has 9 heteroatoms. The summed E-state index contributed by atoms with van der Waals surface area (Å²) in [7, 11) is 0. The lowest BCUT2D eigenvalue weighted by Crippen LogP contribution is -2.49. The van der Waals surface area contributed by atoms with Gasteiger partial charge in [0.25, 0.3) is 0 Å². The molecule has 2 aromatic rings. The third kappa shape index (κ3) is 9.57. The number of ketones is 1. The molecule has 2 aromatic carbocycles. The Bertz CT molecular complexity index is 1110. The molecule has 216 valence electrons. The van der Waals surface area contributed by atoms with Crippen molar-refractivity contribution in [1.82, 2.24) is 4.90 Å². The molecule has 2 aliphatic rings. The molecule has 3 atom stereocenters. The quantitative estimate of drug-likeness (QED) is 0.155. The van der Waals surface area contributed by atoms with E-state index in [1.54, 1.807) is 0 Å². The first-order valence-electron chi connectivity index (χ1n) is 13.8.